The zero-order valence-electron chi connectivity index (χ0n) is 82.3. The van der Waals surface area contributed by atoms with Crippen LogP contribution in [0, 0.1) is 27.7 Å². The van der Waals surface area contributed by atoms with Gasteiger partial charge in [0.2, 0.25) is 0 Å². The number of nitrogens with zero attached hydrogens (tertiary/aromatic N) is 4. The van der Waals surface area contributed by atoms with E-state index < -0.39 is 0 Å². The molecule has 0 saturated carbocycles. The Labute approximate surface area is 861 Å². The summed E-state index contributed by atoms with van der Waals surface area (Å²) in [5.74, 6) is 0. The lowest BCUT2D eigenvalue weighted by Gasteiger charge is -2.27. The van der Waals surface area contributed by atoms with Crippen molar-refractivity contribution in [3.63, 3.8) is 0 Å². The van der Waals surface area contributed by atoms with Gasteiger partial charge in [0.05, 0.1) is 45.5 Å². The molecule has 6 aromatic heterocycles. The third-order valence-corrected chi connectivity index (χ3v) is 30.8. The van der Waals surface area contributed by atoms with Crippen molar-refractivity contribution < 1.29 is 26.5 Å². The number of furan rings is 6. The molecular weight excluding hydrogens is 1830 g/mol. The largest absolute Gasteiger partial charge is 0.456 e. The van der Waals surface area contributed by atoms with Gasteiger partial charge in [0.1, 0.15) is 44.7 Å². The van der Waals surface area contributed by atoms with Crippen LogP contribution < -0.4 is 19.6 Å². The van der Waals surface area contributed by atoms with Crippen LogP contribution in [-0.4, -0.2) is 0 Å². The molecule has 0 radical (unpaired) electrons. The van der Waals surface area contributed by atoms with Crippen LogP contribution in [0.2, 0.25) is 0 Å². The zero-order chi connectivity index (χ0) is 99.2. The summed E-state index contributed by atoms with van der Waals surface area (Å²) in [6.07, 6.45) is 0. The molecule has 0 N–H and O–H groups in total. The minimum absolute atomic E-state index is 0.755. The SMILES string of the molecule is Cc1ccc(N(c2cc3oc4cc(N(c5ccc(C)cc5)c5cccc6c5oc5c(-c7cccc(-c8cccc(-c9cccc%10c9oc9c(N(c%11cccc(C)c%11)c%11cc%12oc%13cc(N(c%14cccc(C)c%14)c%14cccc%15c%14oc%14c(-c%16ccccc%16)cccc%14%15)c%14ccccc%14c%13c%12c%12ccccc%11%12)cccc9%10)c8)c7)cccc56)c5ccccc5c4c3c3ccccc23)c2cccc3c2oc2c(-c4ccccc4)cccc23)cc1. The first kappa shape index (κ1) is 85.9. The van der Waals surface area contributed by atoms with Crippen LogP contribution in [0.25, 0.3) is 230 Å². The van der Waals surface area contributed by atoms with Gasteiger partial charge in [-0.05, 0) is 179 Å². The Hall–Kier alpha value is -19.7. The van der Waals surface area contributed by atoms with Gasteiger partial charge in [-0.2, -0.15) is 0 Å². The fourth-order valence-electron chi connectivity index (χ4n) is 24.0. The lowest BCUT2D eigenvalue weighted by atomic mass is 9.95. The molecule has 0 spiro atoms. The second kappa shape index (κ2) is 34.0. The Bertz CT molecular complexity index is 10800. The minimum atomic E-state index is 0.755. The first-order valence-electron chi connectivity index (χ1n) is 51.2. The number of hydrogen-bond donors (Lipinski definition) is 0. The van der Waals surface area contributed by atoms with Gasteiger partial charge in [0.25, 0.3) is 0 Å². The summed E-state index contributed by atoms with van der Waals surface area (Å²) in [7, 11) is 0. The van der Waals surface area contributed by atoms with Crippen molar-refractivity contribution in [1.82, 2.24) is 0 Å². The number of anilines is 12. The fourth-order valence-corrected chi connectivity index (χ4v) is 24.0. The molecule has 10 nitrogen and oxygen atoms in total. The van der Waals surface area contributed by atoms with Crippen molar-refractivity contribution >= 4 is 243 Å². The molecule has 10 heteroatoms. The second-order valence-electron chi connectivity index (χ2n) is 39.8. The Morgan fingerprint density at radius 2 is 0.360 bits per heavy atom. The molecule has 0 aliphatic heterocycles. The number of aryl methyl sites for hydroxylation is 4. The monoisotopic (exact) mass is 1920 g/mol. The summed E-state index contributed by atoms with van der Waals surface area (Å²) in [6.45, 7) is 8.59. The van der Waals surface area contributed by atoms with Crippen LogP contribution in [0.3, 0.4) is 0 Å². The van der Waals surface area contributed by atoms with Crippen molar-refractivity contribution in [3.05, 3.63) is 495 Å². The van der Waals surface area contributed by atoms with Crippen LogP contribution >= 0.6 is 0 Å². The van der Waals surface area contributed by atoms with E-state index in [1.54, 1.807) is 0 Å². The molecular formula is C140H90N4O6. The Morgan fingerprint density at radius 1 is 0.133 bits per heavy atom. The van der Waals surface area contributed by atoms with E-state index in [0.717, 1.165) is 315 Å². The standard InChI is InChI=1S/C140H90N4O6/c1-83-67-71-93(72-68-83)141(117-63-27-59-113-109-55-23-51-97(133(109)147-137(113)117)87-33-7-5-8-34-87)121-79-125-129(105-47-15-11-43-101(105)121)130-106-48-16-12-44-102(106)122(80-126(130)145-125)142(94-73-69-84(2)70-74-94)118-64-28-60-115-111-57-25-53-99(135(111)149-138(115)118)91-39-21-37-89(77-91)90-38-22-40-92(78-90)100-54-26-58-112-116-62-30-66-120(140(116)150-136(100)112)144(96-42-20-32-86(4)76-96)124-82-128-132(108-50-18-14-46-104(108)124)131-107-49-17-13-45-103(107)123(81-127(131)146-128)143(95-41-19-31-85(3)75-95)119-65-29-61-114-110-56-24-52-98(134(110)148-139(114)119)88-35-9-6-10-36-88/h5-82H,1-4H3. The molecule has 30 aromatic rings. The predicted molar refractivity (Wildman–Crippen MR) is 625 cm³/mol. The average Bonchev–Trinajstić information content (AvgIpc) is 1.54. The number of benzene rings is 24. The smallest absolute Gasteiger partial charge is 0.159 e. The quantitative estimate of drug-likeness (QED) is 0.0878. The van der Waals surface area contributed by atoms with Crippen LogP contribution in [0.15, 0.2) is 500 Å². The molecule has 706 valence electrons. The average molecular weight is 1920 g/mol. The Morgan fingerprint density at radius 3 is 0.653 bits per heavy atom. The van der Waals surface area contributed by atoms with Crippen molar-refractivity contribution in [2.24, 2.45) is 0 Å². The summed E-state index contributed by atoms with van der Waals surface area (Å²) in [6, 6.07) is 170. The highest BCUT2D eigenvalue weighted by Gasteiger charge is 2.34. The second-order valence-corrected chi connectivity index (χ2v) is 39.8. The van der Waals surface area contributed by atoms with Gasteiger partial charge in [-0.3, -0.25) is 0 Å². The molecule has 0 aliphatic carbocycles. The normalized spacial score (nSPS) is 12.0. The topological polar surface area (TPSA) is 91.8 Å². The molecule has 0 bridgehead atoms. The molecule has 6 heterocycles. The maximum absolute atomic E-state index is 7.60. The third kappa shape index (κ3) is 13.5. The molecule has 0 unspecified atom stereocenters. The minimum Gasteiger partial charge on any atom is -0.456 e. The summed E-state index contributed by atoms with van der Waals surface area (Å²) >= 11 is 0. The van der Waals surface area contributed by atoms with Crippen LogP contribution in [0.1, 0.15) is 22.3 Å². The maximum atomic E-state index is 7.60. The van der Waals surface area contributed by atoms with Gasteiger partial charge in [0, 0.05) is 155 Å². The highest BCUT2D eigenvalue weighted by Crippen LogP contribution is 2.58. The van der Waals surface area contributed by atoms with Gasteiger partial charge in [-0.25, -0.2) is 0 Å². The first-order chi connectivity index (χ1) is 74.0. The molecule has 0 atom stereocenters. The molecule has 0 saturated heterocycles. The highest BCUT2D eigenvalue weighted by molar-refractivity contribution is 6.34. The number of para-hydroxylation sites is 8. The van der Waals surface area contributed by atoms with Crippen molar-refractivity contribution in [1.29, 1.82) is 0 Å². The summed E-state index contributed by atoms with van der Waals surface area (Å²) in [5.41, 5.74) is 35.7. The van der Waals surface area contributed by atoms with Crippen LogP contribution in [0.5, 0.6) is 0 Å². The lowest BCUT2D eigenvalue weighted by molar-refractivity contribution is 0.668. The van der Waals surface area contributed by atoms with E-state index in [0.29, 0.717) is 0 Å². The van der Waals surface area contributed by atoms with E-state index in [1.165, 1.54) is 5.56 Å². The van der Waals surface area contributed by atoms with Gasteiger partial charge in [0.15, 0.2) is 22.3 Å². The molecule has 24 aromatic carbocycles. The van der Waals surface area contributed by atoms with E-state index in [-0.39, 0.29) is 0 Å². The maximum Gasteiger partial charge on any atom is 0.159 e. The van der Waals surface area contributed by atoms with Gasteiger partial charge in [-0.15, -0.1) is 0 Å². The third-order valence-electron chi connectivity index (χ3n) is 30.8. The Balaban J connectivity index is 0.520. The summed E-state index contributed by atoms with van der Waals surface area (Å²) in [4.78, 5) is 9.46. The molecule has 0 fully saturated rings. The van der Waals surface area contributed by atoms with Gasteiger partial charge in [-0.1, -0.05) is 375 Å². The van der Waals surface area contributed by atoms with Crippen LogP contribution in [-0.2, 0) is 0 Å². The van der Waals surface area contributed by atoms with Gasteiger partial charge >= 0.3 is 0 Å². The number of rotatable bonds is 17. The lowest BCUT2D eigenvalue weighted by Crippen LogP contribution is -2.11. The number of fused-ring (bicyclic) bond motifs is 26. The molecule has 30 rings (SSSR count). The van der Waals surface area contributed by atoms with E-state index in [9.17, 15) is 0 Å². The first-order valence-corrected chi connectivity index (χ1v) is 51.2. The zero-order valence-corrected chi connectivity index (χ0v) is 82.3. The van der Waals surface area contributed by atoms with Crippen molar-refractivity contribution in [2.45, 2.75) is 27.7 Å². The van der Waals surface area contributed by atoms with Gasteiger partial charge < -0.3 is 46.1 Å². The van der Waals surface area contributed by atoms with E-state index in [2.05, 4.69) is 520 Å². The molecule has 150 heavy (non-hydrogen) atoms. The fraction of sp³-hybridized carbons (Fsp3) is 0.0286. The highest BCUT2D eigenvalue weighted by atomic mass is 16.4. The number of hydrogen-bond acceptors (Lipinski definition) is 10. The van der Waals surface area contributed by atoms with Crippen molar-refractivity contribution in [3.8, 4) is 55.6 Å². The van der Waals surface area contributed by atoms with Crippen molar-refractivity contribution in [2.75, 3.05) is 19.6 Å². The van der Waals surface area contributed by atoms with E-state index >= 15 is 0 Å². The predicted octanol–water partition coefficient (Wildman–Crippen LogP) is 41.1. The van der Waals surface area contributed by atoms with E-state index in [1.807, 2.05) is 0 Å². The molecule has 0 amide bonds. The summed E-state index contributed by atoms with van der Waals surface area (Å²) in [5, 5.41) is 20.9. The van der Waals surface area contributed by atoms with Crippen LogP contribution in [0.4, 0.5) is 68.2 Å². The summed E-state index contributed by atoms with van der Waals surface area (Å²) < 4.78 is 44.7. The van der Waals surface area contributed by atoms with E-state index in [4.69, 9.17) is 26.5 Å². The Kier molecular flexibility index (Phi) is 19.5. The molecule has 0 aliphatic rings.